The van der Waals surface area contributed by atoms with Gasteiger partial charge in [0.05, 0.1) is 12.2 Å². The Bertz CT molecular complexity index is 534. The number of aromatic nitrogens is 3. The largest absolute Gasteiger partial charge is 0.384 e. The maximum Gasteiger partial charge on any atom is 0.251 e. The zero-order valence-corrected chi connectivity index (χ0v) is 10.4. The number of nitrogen functional groups attached to an aromatic ring is 1. The quantitative estimate of drug-likeness (QED) is 0.733. The third-order valence-electron chi connectivity index (χ3n) is 2.44. The summed E-state index contributed by atoms with van der Waals surface area (Å²) in [5.41, 5.74) is 6.80. The van der Waals surface area contributed by atoms with Gasteiger partial charge in [0.15, 0.2) is 0 Å². The number of halogens is 1. The van der Waals surface area contributed by atoms with Crippen molar-refractivity contribution in [2.24, 2.45) is 0 Å². The van der Waals surface area contributed by atoms with Gasteiger partial charge >= 0.3 is 0 Å². The monoisotopic (exact) mass is 265 g/mol. The van der Waals surface area contributed by atoms with Crippen molar-refractivity contribution < 1.29 is 4.79 Å². The second-order valence-corrected chi connectivity index (χ2v) is 4.22. The second kappa shape index (κ2) is 5.05. The third kappa shape index (κ3) is 2.78. The molecule has 0 radical (unpaired) electrons. The molecular formula is C11H12ClN5O. The zero-order chi connectivity index (χ0) is 13.1. The van der Waals surface area contributed by atoms with Gasteiger partial charge in [-0.2, -0.15) is 5.10 Å². The van der Waals surface area contributed by atoms with Crippen molar-refractivity contribution in [1.29, 1.82) is 0 Å². The van der Waals surface area contributed by atoms with E-state index in [1.54, 1.807) is 12.4 Å². The average Bonchev–Trinajstić information content (AvgIpc) is 2.80. The SMILES string of the molecule is CC(NC(=O)c1cc(N)nc(Cl)c1)c1cn[nH]c1. The fourth-order valence-electron chi connectivity index (χ4n) is 1.51. The molecule has 1 unspecified atom stereocenters. The Morgan fingerprint density at radius 2 is 2.33 bits per heavy atom. The molecule has 0 spiro atoms. The molecule has 2 aromatic rings. The Kier molecular flexibility index (Phi) is 3.47. The summed E-state index contributed by atoms with van der Waals surface area (Å²) in [6.07, 6.45) is 3.37. The average molecular weight is 266 g/mol. The number of carbonyl (C=O) groups is 1. The van der Waals surface area contributed by atoms with Crippen molar-refractivity contribution in [2.75, 3.05) is 5.73 Å². The minimum atomic E-state index is -0.264. The fourth-order valence-corrected chi connectivity index (χ4v) is 1.72. The molecule has 6 nitrogen and oxygen atoms in total. The molecule has 7 heteroatoms. The van der Waals surface area contributed by atoms with E-state index in [9.17, 15) is 4.79 Å². The molecule has 94 valence electrons. The molecule has 1 amide bonds. The van der Waals surface area contributed by atoms with E-state index in [1.807, 2.05) is 6.92 Å². The van der Waals surface area contributed by atoms with Crippen molar-refractivity contribution in [3.63, 3.8) is 0 Å². The first-order chi connectivity index (χ1) is 8.56. The summed E-state index contributed by atoms with van der Waals surface area (Å²) in [6, 6.07) is 2.78. The van der Waals surface area contributed by atoms with Gasteiger partial charge in [0.1, 0.15) is 11.0 Å². The Hall–Kier alpha value is -2.08. The highest BCUT2D eigenvalue weighted by atomic mass is 35.5. The topological polar surface area (TPSA) is 96.7 Å². The van der Waals surface area contributed by atoms with Crippen LogP contribution >= 0.6 is 11.6 Å². The molecule has 0 bridgehead atoms. The summed E-state index contributed by atoms with van der Waals surface area (Å²) in [7, 11) is 0. The number of pyridine rings is 1. The number of nitrogens with two attached hydrogens (primary N) is 1. The number of carbonyl (C=O) groups excluding carboxylic acids is 1. The molecule has 0 saturated carbocycles. The maximum atomic E-state index is 12.0. The summed E-state index contributed by atoms with van der Waals surface area (Å²) >= 11 is 5.74. The number of amides is 1. The minimum Gasteiger partial charge on any atom is -0.384 e. The molecule has 2 rings (SSSR count). The van der Waals surface area contributed by atoms with Crippen LogP contribution in [0.2, 0.25) is 5.15 Å². The third-order valence-corrected chi connectivity index (χ3v) is 2.64. The van der Waals surface area contributed by atoms with Gasteiger partial charge in [-0.05, 0) is 19.1 Å². The van der Waals surface area contributed by atoms with Crippen LogP contribution < -0.4 is 11.1 Å². The molecule has 18 heavy (non-hydrogen) atoms. The van der Waals surface area contributed by atoms with Crippen LogP contribution in [0.5, 0.6) is 0 Å². The van der Waals surface area contributed by atoms with Crippen molar-refractivity contribution in [1.82, 2.24) is 20.5 Å². The van der Waals surface area contributed by atoms with Gasteiger partial charge in [0, 0.05) is 17.3 Å². The van der Waals surface area contributed by atoms with Crippen molar-refractivity contribution in [3.05, 3.63) is 40.8 Å². The predicted octanol–water partition coefficient (Wildman–Crippen LogP) is 1.53. The lowest BCUT2D eigenvalue weighted by molar-refractivity contribution is 0.0940. The molecule has 0 aliphatic carbocycles. The lowest BCUT2D eigenvalue weighted by Gasteiger charge is -2.12. The molecule has 0 aliphatic rings. The first kappa shape index (κ1) is 12.4. The summed E-state index contributed by atoms with van der Waals surface area (Å²) < 4.78 is 0. The Morgan fingerprint density at radius 1 is 1.56 bits per heavy atom. The van der Waals surface area contributed by atoms with Gasteiger partial charge in [-0.1, -0.05) is 11.6 Å². The van der Waals surface area contributed by atoms with Gasteiger partial charge in [-0.3, -0.25) is 9.89 Å². The van der Waals surface area contributed by atoms with Crippen LogP contribution in [0.4, 0.5) is 5.82 Å². The van der Waals surface area contributed by atoms with Crippen LogP contribution in [0, 0.1) is 0 Å². The summed E-state index contributed by atoms with van der Waals surface area (Å²) in [4.78, 5) is 15.8. The first-order valence-corrected chi connectivity index (χ1v) is 5.66. The standard InChI is InChI=1S/C11H12ClN5O/c1-6(8-4-14-15-5-8)16-11(18)7-2-9(12)17-10(13)3-7/h2-6H,1H3,(H2,13,17)(H,14,15)(H,16,18). The Labute approximate surface area is 109 Å². The lowest BCUT2D eigenvalue weighted by atomic mass is 10.1. The van der Waals surface area contributed by atoms with Crippen molar-refractivity contribution >= 4 is 23.3 Å². The van der Waals surface area contributed by atoms with E-state index in [0.717, 1.165) is 5.56 Å². The molecule has 2 aromatic heterocycles. The minimum absolute atomic E-state index is 0.163. The maximum absolute atomic E-state index is 12.0. The molecule has 4 N–H and O–H groups in total. The first-order valence-electron chi connectivity index (χ1n) is 5.29. The number of rotatable bonds is 3. The number of aromatic amines is 1. The number of hydrogen-bond acceptors (Lipinski definition) is 4. The van der Waals surface area contributed by atoms with Gasteiger partial charge < -0.3 is 11.1 Å². The second-order valence-electron chi connectivity index (χ2n) is 3.83. The molecule has 0 aliphatic heterocycles. The number of anilines is 1. The zero-order valence-electron chi connectivity index (χ0n) is 9.64. The Balaban J connectivity index is 2.12. The van der Waals surface area contributed by atoms with E-state index in [0.29, 0.717) is 5.56 Å². The van der Waals surface area contributed by atoms with Crippen molar-refractivity contribution in [3.8, 4) is 0 Å². The molecule has 2 heterocycles. The highest BCUT2D eigenvalue weighted by molar-refractivity contribution is 6.29. The van der Waals surface area contributed by atoms with E-state index in [1.165, 1.54) is 12.1 Å². The smallest absolute Gasteiger partial charge is 0.251 e. The van der Waals surface area contributed by atoms with Crippen LogP contribution in [0.15, 0.2) is 24.5 Å². The summed E-state index contributed by atoms with van der Waals surface area (Å²) in [5, 5.41) is 9.52. The number of H-pyrrole nitrogens is 1. The fraction of sp³-hybridized carbons (Fsp3) is 0.182. The van der Waals surface area contributed by atoms with Gasteiger partial charge in [-0.15, -0.1) is 0 Å². The summed E-state index contributed by atoms with van der Waals surface area (Å²) in [5.74, 6) is -0.0525. The van der Waals surface area contributed by atoms with E-state index in [2.05, 4.69) is 20.5 Å². The normalized spacial score (nSPS) is 12.1. The lowest BCUT2D eigenvalue weighted by Crippen LogP contribution is -2.26. The number of nitrogens with one attached hydrogen (secondary N) is 2. The van der Waals surface area contributed by atoms with E-state index in [4.69, 9.17) is 17.3 Å². The van der Waals surface area contributed by atoms with Crippen LogP contribution in [0.1, 0.15) is 28.9 Å². The van der Waals surface area contributed by atoms with E-state index < -0.39 is 0 Å². The van der Waals surface area contributed by atoms with Crippen molar-refractivity contribution in [2.45, 2.75) is 13.0 Å². The molecule has 1 atom stereocenters. The van der Waals surface area contributed by atoms with Crippen LogP contribution in [0.25, 0.3) is 0 Å². The van der Waals surface area contributed by atoms with Gasteiger partial charge in [-0.25, -0.2) is 4.98 Å². The van der Waals surface area contributed by atoms with Gasteiger partial charge in [0.25, 0.3) is 5.91 Å². The molecule has 0 saturated heterocycles. The van der Waals surface area contributed by atoms with E-state index in [-0.39, 0.29) is 22.9 Å². The molecular weight excluding hydrogens is 254 g/mol. The molecule has 0 fully saturated rings. The van der Waals surface area contributed by atoms with Crippen LogP contribution in [-0.4, -0.2) is 21.1 Å². The predicted molar refractivity (Wildman–Crippen MR) is 68.1 cm³/mol. The Morgan fingerprint density at radius 3 is 2.94 bits per heavy atom. The highest BCUT2D eigenvalue weighted by Crippen LogP contribution is 2.14. The van der Waals surface area contributed by atoms with Gasteiger partial charge in [0.2, 0.25) is 0 Å². The highest BCUT2D eigenvalue weighted by Gasteiger charge is 2.13. The van der Waals surface area contributed by atoms with Crippen LogP contribution in [-0.2, 0) is 0 Å². The summed E-state index contributed by atoms with van der Waals surface area (Å²) in [6.45, 7) is 1.86. The van der Waals surface area contributed by atoms with E-state index >= 15 is 0 Å². The number of nitrogens with zero attached hydrogens (tertiary/aromatic N) is 2. The van der Waals surface area contributed by atoms with Crippen LogP contribution in [0.3, 0.4) is 0 Å². The molecule has 0 aromatic carbocycles. The number of hydrogen-bond donors (Lipinski definition) is 3.